The Morgan fingerprint density at radius 2 is 1.75 bits per heavy atom. The minimum absolute atomic E-state index is 0.730. The van der Waals surface area contributed by atoms with Crippen LogP contribution in [0.5, 0.6) is 0 Å². The molecule has 3 nitrogen and oxygen atoms in total. The van der Waals surface area contributed by atoms with Crippen molar-refractivity contribution in [1.82, 2.24) is 9.97 Å². The summed E-state index contributed by atoms with van der Waals surface area (Å²) in [5, 5.41) is 0. The van der Waals surface area contributed by atoms with Gasteiger partial charge in [-0.1, -0.05) is 12.8 Å². The van der Waals surface area contributed by atoms with Gasteiger partial charge < -0.3 is 4.90 Å². The second-order valence-electron chi connectivity index (χ2n) is 4.98. The van der Waals surface area contributed by atoms with Gasteiger partial charge in [-0.3, -0.25) is 0 Å². The Hall–Kier alpha value is -1.12. The van der Waals surface area contributed by atoms with Crippen LogP contribution in [0, 0.1) is 0 Å². The van der Waals surface area contributed by atoms with E-state index in [9.17, 15) is 0 Å². The summed E-state index contributed by atoms with van der Waals surface area (Å²) in [7, 11) is 0. The maximum absolute atomic E-state index is 4.43. The summed E-state index contributed by atoms with van der Waals surface area (Å²) < 4.78 is 0. The number of aromatic nitrogens is 2. The molecule has 3 rings (SSSR count). The van der Waals surface area contributed by atoms with Crippen molar-refractivity contribution in [2.45, 2.75) is 44.4 Å². The van der Waals surface area contributed by atoms with Gasteiger partial charge in [0.05, 0.1) is 0 Å². The van der Waals surface area contributed by atoms with E-state index in [0.717, 1.165) is 11.7 Å². The van der Waals surface area contributed by atoms with Crippen LogP contribution in [0.1, 0.15) is 50.1 Å². The molecule has 0 atom stereocenters. The van der Waals surface area contributed by atoms with Crippen LogP contribution in [0.3, 0.4) is 0 Å². The molecule has 2 fully saturated rings. The lowest BCUT2D eigenvalue weighted by Gasteiger charge is -2.21. The Kier molecular flexibility index (Phi) is 2.77. The fourth-order valence-corrected chi connectivity index (χ4v) is 2.44. The van der Waals surface area contributed by atoms with Gasteiger partial charge in [0, 0.05) is 30.8 Å². The Morgan fingerprint density at radius 3 is 2.44 bits per heavy atom. The summed E-state index contributed by atoms with van der Waals surface area (Å²) in [5.41, 5.74) is 1.26. The second-order valence-corrected chi connectivity index (χ2v) is 4.98. The lowest BCUT2D eigenvalue weighted by Crippen LogP contribution is -2.25. The summed E-state index contributed by atoms with van der Waals surface area (Å²) >= 11 is 0. The van der Waals surface area contributed by atoms with Crippen LogP contribution < -0.4 is 4.90 Å². The predicted octanol–water partition coefficient (Wildman–Crippen LogP) is 2.73. The first-order valence-corrected chi connectivity index (χ1v) is 6.50. The molecule has 2 aliphatic rings. The van der Waals surface area contributed by atoms with Gasteiger partial charge in [-0.05, 0) is 25.7 Å². The first kappa shape index (κ1) is 10.1. The molecule has 3 heteroatoms. The van der Waals surface area contributed by atoms with Crippen molar-refractivity contribution in [2.75, 3.05) is 18.0 Å². The molecule has 1 aromatic rings. The summed E-state index contributed by atoms with van der Waals surface area (Å²) in [6.45, 7) is 2.34. The van der Waals surface area contributed by atoms with Crippen molar-refractivity contribution in [3.8, 4) is 0 Å². The zero-order chi connectivity index (χ0) is 10.8. The van der Waals surface area contributed by atoms with E-state index in [1.54, 1.807) is 6.33 Å². The molecule has 0 bridgehead atoms. The highest BCUT2D eigenvalue weighted by Crippen LogP contribution is 2.39. The number of hydrogen-bond donors (Lipinski definition) is 0. The number of rotatable bonds is 2. The summed E-state index contributed by atoms with van der Waals surface area (Å²) in [5.74, 6) is 1.88. The fourth-order valence-electron chi connectivity index (χ4n) is 2.44. The molecule has 16 heavy (non-hydrogen) atoms. The maximum atomic E-state index is 4.43. The van der Waals surface area contributed by atoms with Gasteiger partial charge in [0.1, 0.15) is 12.1 Å². The van der Waals surface area contributed by atoms with Crippen molar-refractivity contribution in [1.29, 1.82) is 0 Å². The zero-order valence-corrected chi connectivity index (χ0v) is 9.73. The van der Waals surface area contributed by atoms with Gasteiger partial charge in [-0.15, -0.1) is 0 Å². The van der Waals surface area contributed by atoms with Crippen LogP contribution in [-0.4, -0.2) is 23.1 Å². The summed E-state index contributed by atoms with van der Waals surface area (Å²) in [6, 6.07) is 2.21. The predicted molar refractivity (Wildman–Crippen MR) is 64.7 cm³/mol. The standard InChI is InChI=1S/C13H19N3/c1-2-4-8-16(7-3-1)13-9-12(11-5-6-11)14-10-15-13/h9-11H,1-8H2. The van der Waals surface area contributed by atoms with Crippen LogP contribution in [0.25, 0.3) is 0 Å². The van der Waals surface area contributed by atoms with E-state index in [1.807, 2.05) is 0 Å². The van der Waals surface area contributed by atoms with E-state index in [4.69, 9.17) is 0 Å². The minimum atomic E-state index is 0.730. The molecular weight excluding hydrogens is 198 g/mol. The fraction of sp³-hybridized carbons (Fsp3) is 0.692. The van der Waals surface area contributed by atoms with E-state index in [-0.39, 0.29) is 0 Å². The van der Waals surface area contributed by atoms with Crippen molar-refractivity contribution in [3.05, 3.63) is 18.1 Å². The smallest absolute Gasteiger partial charge is 0.132 e. The zero-order valence-electron chi connectivity index (χ0n) is 9.73. The molecular formula is C13H19N3. The quantitative estimate of drug-likeness (QED) is 0.762. The van der Waals surface area contributed by atoms with Crippen molar-refractivity contribution >= 4 is 5.82 Å². The van der Waals surface area contributed by atoms with E-state index in [0.29, 0.717) is 0 Å². The molecule has 1 saturated heterocycles. The largest absolute Gasteiger partial charge is 0.357 e. The topological polar surface area (TPSA) is 29.0 Å². The Morgan fingerprint density at radius 1 is 1.00 bits per heavy atom. The van der Waals surface area contributed by atoms with Gasteiger partial charge >= 0.3 is 0 Å². The van der Waals surface area contributed by atoms with Crippen LogP contribution in [0.15, 0.2) is 12.4 Å². The van der Waals surface area contributed by atoms with E-state index in [2.05, 4.69) is 20.9 Å². The molecule has 1 aliphatic carbocycles. The normalized spacial score (nSPS) is 21.9. The molecule has 0 N–H and O–H groups in total. The molecule has 0 radical (unpaired) electrons. The van der Waals surface area contributed by atoms with Crippen LogP contribution in [-0.2, 0) is 0 Å². The van der Waals surface area contributed by atoms with Crippen molar-refractivity contribution < 1.29 is 0 Å². The molecule has 1 saturated carbocycles. The third kappa shape index (κ3) is 2.18. The van der Waals surface area contributed by atoms with Gasteiger partial charge in [0.2, 0.25) is 0 Å². The molecule has 0 spiro atoms. The highest BCUT2D eigenvalue weighted by atomic mass is 15.2. The highest BCUT2D eigenvalue weighted by molar-refractivity contribution is 5.40. The van der Waals surface area contributed by atoms with E-state index >= 15 is 0 Å². The van der Waals surface area contributed by atoms with Gasteiger partial charge in [0.15, 0.2) is 0 Å². The average molecular weight is 217 g/mol. The monoisotopic (exact) mass is 217 g/mol. The average Bonchev–Trinajstić information content (AvgIpc) is 3.17. The van der Waals surface area contributed by atoms with Gasteiger partial charge in [0.25, 0.3) is 0 Å². The van der Waals surface area contributed by atoms with Gasteiger partial charge in [-0.2, -0.15) is 0 Å². The van der Waals surface area contributed by atoms with E-state index < -0.39 is 0 Å². The first-order chi connectivity index (χ1) is 7.93. The molecule has 2 heterocycles. The molecule has 86 valence electrons. The number of hydrogen-bond acceptors (Lipinski definition) is 3. The van der Waals surface area contributed by atoms with Crippen LogP contribution in [0.4, 0.5) is 5.82 Å². The minimum Gasteiger partial charge on any atom is -0.357 e. The third-order valence-electron chi connectivity index (χ3n) is 3.60. The van der Waals surface area contributed by atoms with Crippen LogP contribution in [0.2, 0.25) is 0 Å². The molecule has 1 aromatic heterocycles. The lowest BCUT2D eigenvalue weighted by atomic mass is 10.2. The summed E-state index contributed by atoms with van der Waals surface area (Å²) in [4.78, 5) is 11.2. The molecule has 0 amide bonds. The van der Waals surface area contributed by atoms with Gasteiger partial charge in [-0.25, -0.2) is 9.97 Å². The lowest BCUT2D eigenvalue weighted by molar-refractivity contribution is 0.726. The molecule has 0 aromatic carbocycles. The van der Waals surface area contributed by atoms with Crippen LogP contribution >= 0.6 is 0 Å². The first-order valence-electron chi connectivity index (χ1n) is 6.50. The third-order valence-corrected chi connectivity index (χ3v) is 3.60. The number of nitrogens with zero attached hydrogens (tertiary/aromatic N) is 3. The molecule has 0 unspecified atom stereocenters. The Bertz CT molecular complexity index is 352. The maximum Gasteiger partial charge on any atom is 0.132 e. The SMILES string of the molecule is c1nc(C2CC2)cc(N2CCCCCC2)n1. The summed E-state index contributed by atoms with van der Waals surface area (Å²) in [6.07, 6.45) is 9.74. The number of anilines is 1. The second kappa shape index (κ2) is 4.40. The molecule has 1 aliphatic heterocycles. The highest BCUT2D eigenvalue weighted by Gasteiger charge is 2.25. The Labute approximate surface area is 96.9 Å². The Balaban J connectivity index is 1.78. The van der Waals surface area contributed by atoms with E-state index in [1.165, 1.54) is 57.3 Å². The van der Waals surface area contributed by atoms with Crippen molar-refractivity contribution in [2.24, 2.45) is 0 Å². The van der Waals surface area contributed by atoms with Crippen molar-refractivity contribution in [3.63, 3.8) is 0 Å².